The van der Waals surface area contributed by atoms with E-state index in [0.29, 0.717) is 17.6 Å². The molecule has 3 aliphatic rings. The Morgan fingerprint density at radius 2 is 1.72 bits per heavy atom. The summed E-state index contributed by atoms with van der Waals surface area (Å²) in [4.78, 5) is 27.9. The van der Waals surface area contributed by atoms with Crippen LogP contribution >= 0.6 is 0 Å². The van der Waals surface area contributed by atoms with Crippen molar-refractivity contribution < 1.29 is 13.2 Å². The monoisotopic (exact) mass is 608 g/mol. The Kier molecular flexibility index (Phi) is 8.45. The predicted molar refractivity (Wildman–Crippen MR) is 168 cm³/mol. The van der Waals surface area contributed by atoms with Crippen molar-refractivity contribution in [3.63, 3.8) is 0 Å². The van der Waals surface area contributed by atoms with Gasteiger partial charge < -0.3 is 4.90 Å². The lowest BCUT2D eigenvalue weighted by Crippen LogP contribution is -2.49. The third kappa shape index (κ3) is 6.01. The largest absolute Gasteiger partial charge is 0.354 e. The second-order valence-electron chi connectivity index (χ2n) is 12.7. The van der Waals surface area contributed by atoms with Crippen molar-refractivity contribution in [3.8, 4) is 11.1 Å². The van der Waals surface area contributed by atoms with Gasteiger partial charge in [-0.2, -0.15) is 17.8 Å². The smallest absolute Gasteiger partial charge is 0.303 e. The zero-order valence-corrected chi connectivity index (χ0v) is 26.6. The van der Waals surface area contributed by atoms with Crippen LogP contribution in [0.25, 0.3) is 22.2 Å². The Balaban J connectivity index is 1.44. The molecule has 0 bridgehead atoms. The number of carbonyl (C=O) groups excluding carboxylic acids is 1. The van der Waals surface area contributed by atoms with Gasteiger partial charge in [-0.25, -0.2) is 19.4 Å². The highest BCUT2D eigenvalue weighted by molar-refractivity contribution is 7.87. The molecular weight excluding hydrogens is 564 g/mol. The maximum absolute atomic E-state index is 13.4. The highest BCUT2D eigenvalue weighted by Crippen LogP contribution is 2.44. The van der Waals surface area contributed by atoms with Crippen molar-refractivity contribution in [2.75, 3.05) is 45.2 Å². The van der Waals surface area contributed by atoms with Crippen LogP contribution in [0.4, 0.5) is 5.82 Å². The van der Waals surface area contributed by atoms with Crippen LogP contribution in [-0.2, 0) is 10.2 Å². The molecule has 11 nitrogen and oxygen atoms in total. The summed E-state index contributed by atoms with van der Waals surface area (Å²) in [5.41, 5.74) is 3.44. The van der Waals surface area contributed by atoms with Gasteiger partial charge in [0.05, 0.1) is 17.1 Å². The summed E-state index contributed by atoms with van der Waals surface area (Å²) >= 11 is 0. The average Bonchev–Trinajstić information content (AvgIpc) is 3.35. The number of hydrogen-bond donors (Lipinski definition) is 1. The SMILES string of the molecule is CC(C)N1CCN(c2ccc(-c3cc(C(=O)NS(=O)(=O)N(C)C)nc4c3c(C3CCC3)nn4C3CCCCC3)cn2)CC1. The number of anilines is 1. The summed E-state index contributed by atoms with van der Waals surface area (Å²) in [6, 6.07) is 6.57. The van der Waals surface area contributed by atoms with E-state index in [9.17, 15) is 13.2 Å². The maximum atomic E-state index is 13.4. The molecule has 232 valence electrons. The number of piperazine rings is 1. The molecule has 3 fully saturated rings. The lowest BCUT2D eigenvalue weighted by molar-refractivity contribution is 0.0975. The van der Waals surface area contributed by atoms with Crippen LogP contribution in [0.1, 0.15) is 93.4 Å². The Hall–Kier alpha value is -3.09. The first-order chi connectivity index (χ1) is 20.6. The topological polar surface area (TPSA) is 117 Å². The molecule has 2 saturated carbocycles. The number of aromatic nitrogens is 4. The third-order valence-corrected chi connectivity index (χ3v) is 10.9. The molecule has 0 radical (unpaired) electrons. The van der Waals surface area contributed by atoms with Gasteiger partial charge in [0.15, 0.2) is 5.65 Å². The Morgan fingerprint density at radius 3 is 2.30 bits per heavy atom. The average molecular weight is 609 g/mol. The third-order valence-electron chi connectivity index (χ3n) is 9.46. The van der Waals surface area contributed by atoms with E-state index in [-0.39, 0.29) is 11.7 Å². The minimum Gasteiger partial charge on any atom is -0.354 e. The summed E-state index contributed by atoms with van der Waals surface area (Å²) in [5, 5.41) is 6.16. The first kappa shape index (κ1) is 30.0. The number of pyridine rings is 2. The summed E-state index contributed by atoms with van der Waals surface area (Å²) in [6.45, 7) is 8.33. The molecular formula is C31H44N8O3S. The number of amides is 1. The molecule has 4 heterocycles. The normalized spacial score (nSPS) is 19.3. The second-order valence-corrected chi connectivity index (χ2v) is 14.6. The van der Waals surface area contributed by atoms with Gasteiger partial charge in [-0.3, -0.25) is 9.69 Å². The van der Waals surface area contributed by atoms with Gasteiger partial charge in [-0.15, -0.1) is 0 Å². The van der Waals surface area contributed by atoms with Crippen molar-refractivity contribution in [1.29, 1.82) is 0 Å². The van der Waals surface area contributed by atoms with E-state index in [1.54, 1.807) is 6.07 Å². The van der Waals surface area contributed by atoms with Crippen LogP contribution in [-0.4, -0.2) is 89.6 Å². The van der Waals surface area contributed by atoms with Crippen LogP contribution in [0.5, 0.6) is 0 Å². The number of nitrogens with zero attached hydrogens (tertiary/aromatic N) is 7. The molecule has 0 aromatic carbocycles. The fourth-order valence-corrected chi connectivity index (χ4v) is 7.04. The van der Waals surface area contributed by atoms with Crippen LogP contribution < -0.4 is 9.62 Å². The number of nitrogens with one attached hydrogen (secondary N) is 1. The fourth-order valence-electron chi connectivity index (χ4n) is 6.52. The van der Waals surface area contributed by atoms with Gasteiger partial charge in [0.25, 0.3) is 5.91 Å². The summed E-state index contributed by atoms with van der Waals surface area (Å²) in [5.74, 6) is 0.529. The molecule has 3 aromatic heterocycles. The van der Waals surface area contributed by atoms with Crippen LogP contribution in [0.3, 0.4) is 0 Å². The Morgan fingerprint density at radius 1 is 1.00 bits per heavy atom. The van der Waals surface area contributed by atoms with Gasteiger partial charge in [-0.1, -0.05) is 25.7 Å². The van der Waals surface area contributed by atoms with Gasteiger partial charge >= 0.3 is 10.2 Å². The van der Waals surface area contributed by atoms with E-state index in [1.807, 2.05) is 10.9 Å². The molecule has 12 heteroatoms. The van der Waals surface area contributed by atoms with E-state index in [1.165, 1.54) is 26.9 Å². The highest BCUT2D eigenvalue weighted by Gasteiger charge is 2.32. The summed E-state index contributed by atoms with van der Waals surface area (Å²) < 4.78 is 30.3. The molecule has 2 aliphatic carbocycles. The van der Waals surface area contributed by atoms with Crippen LogP contribution in [0.2, 0.25) is 0 Å². The van der Waals surface area contributed by atoms with Gasteiger partial charge in [0.2, 0.25) is 0 Å². The zero-order valence-electron chi connectivity index (χ0n) is 25.8. The van der Waals surface area contributed by atoms with Crippen LogP contribution in [0.15, 0.2) is 24.4 Å². The van der Waals surface area contributed by atoms with Crippen molar-refractivity contribution >= 4 is 33.0 Å². The first-order valence-electron chi connectivity index (χ1n) is 15.8. The van der Waals surface area contributed by atoms with Gasteiger partial charge in [0.1, 0.15) is 11.5 Å². The number of carbonyl (C=O) groups is 1. The van der Waals surface area contributed by atoms with E-state index in [2.05, 4.69) is 40.5 Å². The first-order valence-corrected chi connectivity index (χ1v) is 17.2. The van der Waals surface area contributed by atoms with Crippen molar-refractivity contribution in [2.45, 2.75) is 83.2 Å². The number of rotatable bonds is 8. The fraction of sp³-hybridized carbons (Fsp3) is 0.613. The molecule has 6 rings (SSSR count). The molecule has 0 atom stereocenters. The number of fused-ring (bicyclic) bond motifs is 1. The molecule has 0 spiro atoms. The molecule has 1 aliphatic heterocycles. The highest BCUT2D eigenvalue weighted by atomic mass is 32.2. The molecule has 3 aromatic rings. The maximum Gasteiger partial charge on any atom is 0.303 e. The quantitative estimate of drug-likeness (QED) is 0.402. The van der Waals surface area contributed by atoms with Crippen molar-refractivity contribution in [2.24, 2.45) is 0 Å². The molecule has 1 amide bonds. The molecule has 43 heavy (non-hydrogen) atoms. The van der Waals surface area contributed by atoms with Crippen molar-refractivity contribution in [1.82, 2.24) is 33.7 Å². The van der Waals surface area contributed by atoms with Crippen molar-refractivity contribution in [3.05, 3.63) is 35.8 Å². The Labute approximate surface area is 254 Å². The van der Waals surface area contributed by atoms with Gasteiger partial charge in [0, 0.05) is 64.0 Å². The lowest BCUT2D eigenvalue weighted by atomic mass is 9.81. The van der Waals surface area contributed by atoms with Gasteiger partial charge in [-0.05, 0) is 63.3 Å². The predicted octanol–water partition coefficient (Wildman–Crippen LogP) is 4.33. The summed E-state index contributed by atoms with van der Waals surface area (Å²) in [6.07, 6.45) is 10.7. The number of hydrogen-bond acceptors (Lipinski definition) is 8. The second kappa shape index (κ2) is 12.1. The molecule has 1 N–H and O–H groups in total. The summed E-state index contributed by atoms with van der Waals surface area (Å²) in [7, 11) is -1.22. The lowest BCUT2D eigenvalue weighted by Gasteiger charge is -2.37. The van der Waals surface area contributed by atoms with Crippen LogP contribution in [0, 0.1) is 0 Å². The molecule has 0 unspecified atom stereocenters. The standard InChI is InChI=1S/C31H44N8O3S/c1-21(2)37-15-17-38(18-16-37)27-14-13-23(20-32-27)25-19-26(31(40)35-43(41,42)36(3)4)33-30-28(25)29(22-9-8-10-22)34-39(30)24-11-6-5-7-12-24/h13-14,19-22,24H,5-12,15-18H2,1-4H3,(H,35,40). The Bertz CT molecular complexity index is 1570. The van der Waals surface area contributed by atoms with E-state index < -0.39 is 16.1 Å². The van der Waals surface area contributed by atoms with E-state index >= 15 is 0 Å². The minimum atomic E-state index is -3.99. The van der Waals surface area contributed by atoms with E-state index in [0.717, 1.165) is 97.0 Å². The zero-order chi connectivity index (χ0) is 30.3. The minimum absolute atomic E-state index is 0.0546. The van der Waals surface area contributed by atoms with E-state index in [4.69, 9.17) is 15.1 Å². The molecule has 1 saturated heterocycles.